The number of nitrogens with zero attached hydrogens (tertiary/aromatic N) is 1. The normalized spacial score (nSPS) is 15.5. The van der Waals surface area contributed by atoms with Crippen LogP contribution in [0.4, 0.5) is 0 Å². The molecule has 1 aliphatic rings. The van der Waals surface area contributed by atoms with Gasteiger partial charge in [-0.3, -0.25) is 14.4 Å². The molecule has 5 rings (SSSR count). The van der Waals surface area contributed by atoms with Gasteiger partial charge in [0.05, 0.1) is 12.6 Å². The lowest BCUT2D eigenvalue weighted by Crippen LogP contribution is -2.37. The van der Waals surface area contributed by atoms with Crippen molar-refractivity contribution in [3.8, 4) is 5.75 Å². The highest BCUT2D eigenvalue weighted by Gasteiger charge is 2.27. The number of hydrogen-bond donors (Lipinski definition) is 1. The molecule has 1 atom stereocenters. The van der Waals surface area contributed by atoms with Crippen LogP contribution in [0.25, 0.3) is 10.8 Å². The summed E-state index contributed by atoms with van der Waals surface area (Å²) in [5, 5.41) is 5.02. The molecule has 8 heteroatoms. The molecule has 172 valence electrons. The van der Waals surface area contributed by atoms with Crippen molar-refractivity contribution in [2.45, 2.75) is 25.6 Å². The second-order valence-corrected chi connectivity index (χ2v) is 9.20. The van der Waals surface area contributed by atoms with Gasteiger partial charge in [0.1, 0.15) is 18.6 Å². The summed E-state index contributed by atoms with van der Waals surface area (Å²) in [5.74, 6) is 1.12. The largest absolute Gasteiger partial charge is 0.482 e. The number of carbonyl (C=O) groups is 2. The molecule has 2 aromatic carbocycles. The average Bonchev–Trinajstić information content (AvgIpc) is 3.44. The number of benzene rings is 2. The molecule has 0 radical (unpaired) electrons. The molecule has 4 aromatic rings. The van der Waals surface area contributed by atoms with Crippen molar-refractivity contribution >= 4 is 33.6 Å². The van der Waals surface area contributed by atoms with Gasteiger partial charge in [-0.2, -0.15) is 0 Å². The third-order valence-electron chi connectivity index (χ3n) is 5.65. The smallest absolute Gasteiger partial charge is 0.251 e. The van der Waals surface area contributed by atoms with Crippen LogP contribution in [0.2, 0.25) is 0 Å². The lowest BCUT2D eigenvalue weighted by atomic mass is 10.1. The highest BCUT2D eigenvalue weighted by atomic mass is 32.2. The van der Waals surface area contributed by atoms with Gasteiger partial charge in [-0.1, -0.05) is 48.2 Å². The van der Waals surface area contributed by atoms with Crippen LogP contribution in [0.15, 0.2) is 82.5 Å². The summed E-state index contributed by atoms with van der Waals surface area (Å²) in [5.41, 5.74) is 1.01. The van der Waals surface area contributed by atoms with Crippen LogP contribution < -0.4 is 15.5 Å². The molecule has 0 saturated carbocycles. The molecular weight excluding hydrogens is 452 g/mol. The minimum Gasteiger partial charge on any atom is -0.482 e. The zero-order valence-electron chi connectivity index (χ0n) is 18.2. The fourth-order valence-electron chi connectivity index (χ4n) is 3.82. The lowest BCUT2D eigenvalue weighted by molar-refractivity contribution is -0.112. The summed E-state index contributed by atoms with van der Waals surface area (Å²) in [6, 6.07) is 15.9. The number of aromatic nitrogens is 1. The standard InChI is InChI=1S/C26H22N2O5S/c29-23-11-21(14-28-12-19-3-1-2-4-20(19)13-28)32-16-24(23)33-15-17-5-7-18(8-6-17)25(30)27-22-9-10-34-26(22)31/h1-8,11-13,16,22H,9-10,14-15H2,(H,27,30). The molecule has 2 aromatic heterocycles. The van der Waals surface area contributed by atoms with Crippen LogP contribution in [0.1, 0.15) is 28.1 Å². The van der Waals surface area contributed by atoms with Crippen molar-refractivity contribution in [2.75, 3.05) is 5.75 Å². The topological polar surface area (TPSA) is 90.5 Å². The minimum atomic E-state index is -0.417. The zero-order chi connectivity index (χ0) is 23.5. The van der Waals surface area contributed by atoms with E-state index in [0.29, 0.717) is 24.3 Å². The summed E-state index contributed by atoms with van der Waals surface area (Å²) < 4.78 is 13.2. The van der Waals surface area contributed by atoms with E-state index in [1.54, 1.807) is 24.3 Å². The Hall–Kier alpha value is -3.78. The predicted molar refractivity (Wildman–Crippen MR) is 130 cm³/mol. The zero-order valence-corrected chi connectivity index (χ0v) is 19.0. The number of carbonyl (C=O) groups excluding carboxylic acids is 2. The van der Waals surface area contributed by atoms with E-state index in [9.17, 15) is 14.4 Å². The van der Waals surface area contributed by atoms with E-state index >= 15 is 0 Å². The number of nitrogens with one attached hydrogen (secondary N) is 1. The Bertz CT molecular complexity index is 1370. The Balaban J connectivity index is 1.18. The van der Waals surface area contributed by atoms with Crippen LogP contribution in [0, 0.1) is 0 Å². The van der Waals surface area contributed by atoms with Crippen LogP contribution >= 0.6 is 11.8 Å². The Morgan fingerprint density at radius 3 is 2.47 bits per heavy atom. The molecule has 1 aliphatic heterocycles. The van der Waals surface area contributed by atoms with Gasteiger partial charge in [-0.25, -0.2) is 0 Å². The highest BCUT2D eigenvalue weighted by Crippen LogP contribution is 2.20. The van der Waals surface area contributed by atoms with Crippen molar-refractivity contribution in [3.05, 3.63) is 100 Å². The Kier molecular flexibility index (Phi) is 6.22. The van der Waals surface area contributed by atoms with Gasteiger partial charge in [0, 0.05) is 29.8 Å². The van der Waals surface area contributed by atoms with Gasteiger partial charge in [0.25, 0.3) is 5.91 Å². The van der Waals surface area contributed by atoms with E-state index in [1.807, 2.05) is 41.2 Å². The Labute approximate surface area is 199 Å². The molecular formula is C26H22N2O5S. The molecule has 0 spiro atoms. The van der Waals surface area contributed by atoms with Crippen molar-refractivity contribution < 1.29 is 18.7 Å². The summed E-state index contributed by atoms with van der Waals surface area (Å²) in [6.07, 6.45) is 6.01. The number of amides is 1. The first-order valence-corrected chi connectivity index (χ1v) is 11.9. The number of thioether (sulfide) groups is 1. The van der Waals surface area contributed by atoms with Gasteiger partial charge >= 0.3 is 0 Å². The monoisotopic (exact) mass is 474 g/mol. The maximum atomic E-state index is 12.5. The first kappa shape index (κ1) is 22.0. The van der Waals surface area contributed by atoms with Gasteiger partial charge < -0.3 is 19.0 Å². The molecule has 1 fully saturated rings. The Morgan fingerprint density at radius 1 is 1.09 bits per heavy atom. The summed E-state index contributed by atoms with van der Waals surface area (Å²) in [6.45, 7) is 0.603. The quantitative estimate of drug-likeness (QED) is 0.436. The summed E-state index contributed by atoms with van der Waals surface area (Å²) >= 11 is 1.25. The molecule has 0 bridgehead atoms. The van der Waals surface area contributed by atoms with Gasteiger partial charge in [-0.05, 0) is 34.9 Å². The second kappa shape index (κ2) is 9.61. The van der Waals surface area contributed by atoms with Crippen molar-refractivity contribution in [1.29, 1.82) is 0 Å². The third-order valence-corrected chi connectivity index (χ3v) is 6.66. The van der Waals surface area contributed by atoms with Gasteiger partial charge in [-0.15, -0.1) is 0 Å². The predicted octanol–water partition coefficient (Wildman–Crippen LogP) is 3.98. The fourth-order valence-corrected chi connectivity index (χ4v) is 4.75. The first-order chi connectivity index (χ1) is 16.5. The second-order valence-electron chi connectivity index (χ2n) is 8.10. The number of rotatable bonds is 7. The fraction of sp³-hybridized carbons (Fsp3) is 0.192. The maximum absolute atomic E-state index is 12.5. The van der Waals surface area contributed by atoms with Crippen LogP contribution in [0.5, 0.6) is 5.75 Å². The number of fused-ring (bicyclic) bond motifs is 1. The highest BCUT2D eigenvalue weighted by molar-refractivity contribution is 8.14. The van der Waals surface area contributed by atoms with Gasteiger partial charge in [0.15, 0.2) is 0 Å². The van der Waals surface area contributed by atoms with E-state index in [4.69, 9.17) is 9.15 Å². The maximum Gasteiger partial charge on any atom is 0.251 e. The molecule has 1 N–H and O–H groups in total. The molecule has 7 nitrogen and oxygen atoms in total. The molecule has 1 unspecified atom stereocenters. The van der Waals surface area contributed by atoms with E-state index in [0.717, 1.165) is 22.1 Å². The first-order valence-electron chi connectivity index (χ1n) is 10.9. The van der Waals surface area contributed by atoms with Crippen LogP contribution in [0.3, 0.4) is 0 Å². The summed E-state index contributed by atoms with van der Waals surface area (Å²) in [4.78, 5) is 36.5. The molecule has 0 aliphatic carbocycles. The van der Waals surface area contributed by atoms with E-state index < -0.39 is 6.04 Å². The molecule has 1 amide bonds. The van der Waals surface area contributed by atoms with E-state index in [-0.39, 0.29) is 28.8 Å². The van der Waals surface area contributed by atoms with E-state index in [1.165, 1.54) is 24.1 Å². The van der Waals surface area contributed by atoms with Crippen LogP contribution in [-0.4, -0.2) is 27.4 Å². The number of ether oxygens (including phenoxy) is 1. The SMILES string of the molecule is O=C(NC1CCSC1=O)c1ccc(COc2coc(Cn3cc4ccccc4c3)cc2=O)cc1. The molecule has 34 heavy (non-hydrogen) atoms. The van der Waals surface area contributed by atoms with E-state index in [2.05, 4.69) is 5.32 Å². The lowest BCUT2D eigenvalue weighted by Gasteiger charge is -2.11. The van der Waals surface area contributed by atoms with Crippen LogP contribution in [-0.2, 0) is 17.9 Å². The van der Waals surface area contributed by atoms with Gasteiger partial charge in [0.2, 0.25) is 16.3 Å². The van der Waals surface area contributed by atoms with Crippen molar-refractivity contribution in [2.24, 2.45) is 0 Å². The molecule has 3 heterocycles. The van der Waals surface area contributed by atoms with Crippen molar-refractivity contribution in [3.63, 3.8) is 0 Å². The summed E-state index contributed by atoms with van der Waals surface area (Å²) in [7, 11) is 0. The third kappa shape index (κ3) is 4.92. The minimum absolute atomic E-state index is 0.00464. The Morgan fingerprint density at radius 2 is 1.82 bits per heavy atom. The average molecular weight is 475 g/mol. The van der Waals surface area contributed by atoms with Crippen molar-refractivity contribution in [1.82, 2.24) is 9.88 Å². The molecule has 1 saturated heterocycles. The number of hydrogen-bond acceptors (Lipinski definition) is 6.